The van der Waals surface area contributed by atoms with Crippen molar-refractivity contribution in [2.24, 2.45) is 0 Å². The smallest absolute Gasteiger partial charge is 0.0998 e. The summed E-state index contributed by atoms with van der Waals surface area (Å²) in [5.74, 6) is 0. The minimum atomic E-state index is 0.491. The first-order valence-corrected chi connectivity index (χ1v) is 23.8. The zero-order valence-corrected chi connectivity index (χ0v) is 39.4. The molecular weight excluding hydrogens is 849 g/mol. The van der Waals surface area contributed by atoms with Crippen molar-refractivity contribution in [2.75, 3.05) is 0 Å². The lowest BCUT2D eigenvalue weighted by atomic mass is 9.94. The van der Waals surface area contributed by atoms with E-state index in [1.165, 1.54) is 22.3 Å². The average Bonchev–Trinajstić information content (AvgIpc) is 3.89. The van der Waals surface area contributed by atoms with Crippen molar-refractivity contribution in [2.45, 2.75) is 27.7 Å². The number of aromatic nitrogens is 2. The fourth-order valence-electron chi connectivity index (χ4n) is 10.6. The largest absolute Gasteiger partial charge is 0.309 e. The maximum atomic E-state index is 10.9. The summed E-state index contributed by atoms with van der Waals surface area (Å²) in [7, 11) is 0. The van der Waals surface area contributed by atoms with Crippen LogP contribution in [0, 0.1) is 50.4 Å². The van der Waals surface area contributed by atoms with Gasteiger partial charge in [-0.3, -0.25) is 0 Å². The highest BCUT2D eigenvalue weighted by molar-refractivity contribution is 6.12. The first kappa shape index (κ1) is 42.2. The second-order valence-corrected chi connectivity index (χ2v) is 18.8. The first-order chi connectivity index (χ1) is 34.2. The molecule has 0 N–H and O–H groups in total. The molecule has 4 nitrogen and oxygen atoms in total. The van der Waals surface area contributed by atoms with Crippen molar-refractivity contribution in [1.82, 2.24) is 9.13 Å². The number of nitriles is 2. The molecular formula is C66H46N4. The summed E-state index contributed by atoms with van der Waals surface area (Å²) in [6, 6.07) is 78.6. The van der Waals surface area contributed by atoms with Gasteiger partial charge in [-0.2, -0.15) is 10.5 Å². The van der Waals surface area contributed by atoms with Gasteiger partial charge in [0.25, 0.3) is 0 Å². The summed E-state index contributed by atoms with van der Waals surface area (Å²) in [4.78, 5) is 0. The lowest BCUT2D eigenvalue weighted by Crippen LogP contribution is -1.99. The van der Waals surface area contributed by atoms with Crippen LogP contribution in [0.3, 0.4) is 0 Å². The molecule has 0 bridgehead atoms. The van der Waals surface area contributed by atoms with E-state index in [4.69, 9.17) is 0 Å². The van der Waals surface area contributed by atoms with Crippen LogP contribution in [0.2, 0.25) is 0 Å². The molecule has 0 aliphatic carbocycles. The molecule has 0 radical (unpaired) electrons. The Labute approximate surface area is 407 Å². The molecule has 70 heavy (non-hydrogen) atoms. The van der Waals surface area contributed by atoms with Crippen molar-refractivity contribution in [3.8, 4) is 79.1 Å². The zero-order valence-electron chi connectivity index (χ0n) is 39.4. The zero-order chi connectivity index (χ0) is 47.6. The molecule has 0 fully saturated rings. The van der Waals surface area contributed by atoms with Gasteiger partial charge in [-0.25, -0.2) is 0 Å². The van der Waals surface area contributed by atoms with Crippen LogP contribution in [-0.4, -0.2) is 9.13 Å². The highest BCUT2D eigenvalue weighted by atomic mass is 15.0. The standard InChI is InChI=1S/C66H46N4/c1-41-9-5-13-45(29-41)49-19-25-57-58-26-20-50(46-14-6-10-42(2)30-46)34-64(58)69(63(57)33-49)55-23-17-53(39-67)61(37-55)62-38-56(24-18-54(62)40-68)70-65-35-51(47-15-7-11-43(3)31-47)21-27-59(65)60-28-22-52(36-66(60)70)48-16-8-12-44(4)32-48/h5-38H,1-4H3. The van der Waals surface area contributed by atoms with E-state index in [9.17, 15) is 10.5 Å². The Morgan fingerprint density at radius 3 is 0.814 bits per heavy atom. The molecule has 0 spiro atoms. The molecule has 0 saturated carbocycles. The summed E-state index contributed by atoms with van der Waals surface area (Å²) in [5, 5.41) is 26.3. The van der Waals surface area contributed by atoms with Gasteiger partial charge in [-0.15, -0.1) is 0 Å². The molecule has 2 aromatic heterocycles. The van der Waals surface area contributed by atoms with Crippen LogP contribution in [0.4, 0.5) is 0 Å². The van der Waals surface area contributed by atoms with E-state index in [0.717, 1.165) is 99.5 Å². The van der Waals surface area contributed by atoms with Gasteiger partial charge in [-0.05, 0) is 133 Å². The number of aryl methyl sites for hydroxylation is 4. The monoisotopic (exact) mass is 894 g/mol. The van der Waals surface area contributed by atoms with Crippen molar-refractivity contribution in [3.63, 3.8) is 0 Å². The molecule has 0 aliphatic rings. The minimum Gasteiger partial charge on any atom is -0.309 e. The third-order valence-electron chi connectivity index (χ3n) is 14.0. The lowest BCUT2D eigenvalue weighted by Gasteiger charge is -2.16. The first-order valence-electron chi connectivity index (χ1n) is 23.8. The number of hydrogen-bond donors (Lipinski definition) is 0. The van der Waals surface area contributed by atoms with E-state index >= 15 is 0 Å². The molecule has 4 heteroatoms. The second kappa shape index (κ2) is 16.8. The number of benzene rings is 10. The van der Waals surface area contributed by atoms with E-state index in [2.05, 4.69) is 231 Å². The van der Waals surface area contributed by atoms with Crippen molar-refractivity contribution < 1.29 is 0 Å². The van der Waals surface area contributed by atoms with Crippen LogP contribution < -0.4 is 0 Å². The van der Waals surface area contributed by atoms with Crippen LogP contribution >= 0.6 is 0 Å². The van der Waals surface area contributed by atoms with Gasteiger partial charge >= 0.3 is 0 Å². The predicted octanol–water partition coefficient (Wildman–Crippen LogP) is 17.2. The summed E-state index contributed by atoms with van der Waals surface area (Å²) in [6.07, 6.45) is 0. The van der Waals surface area contributed by atoms with Gasteiger partial charge in [0.15, 0.2) is 0 Å². The Balaban J connectivity index is 1.10. The van der Waals surface area contributed by atoms with Crippen LogP contribution in [0.15, 0.2) is 206 Å². The van der Waals surface area contributed by atoms with E-state index in [-0.39, 0.29) is 0 Å². The molecule has 12 rings (SSSR count). The maximum Gasteiger partial charge on any atom is 0.0998 e. The van der Waals surface area contributed by atoms with Crippen LogP contribution in [0.25, 0.3) is 111 Å². The number of hydrogen-bond acceptors (Lipinski definition) is 2. The molecule has 0 unspecified atom stereocenters. The molecule has 0 amide bonds. The molecule has 0 aliphatic heterocycles. The van der Waals surface area contributed by atoms with Crippen LogP contribution in [-0.2, 0) is 0 Å². The average molecular weight is 895 g/mol. The number of fused-ring (bicyclic) bond motifs is 6. The second-order valence-electron chi connectivity index (χ2n) is 18.8. The summed E-state index contributed by atoms with van der Waals surface area (Å²) in [6.45, 7) is 8.51. The Bertz CT molecular complexity index is 3720. The highest BCUT2D eigenvalue weighted by Gasteiger charge is 2.21. The Morgan fingerprint density at radius 1 is 0.286 bits per heavy atom. The quantitative estimate of drug-likeness (QED) is 0.160. The Kier molecular flexibility index (Phi) is 10.1. The fourth-order valence-corrected chi connectivity index (χ4v) is 10.6. The van der Waals surface area contributed by atoms with Gasteiger partial charge in [0.2, 0.25) is 0 Å². The van der Waals surface area contributed by atoms with Gasteiger partial charge in [0, 0.05) is 44.0 Å². The van der Waals surface area contributed by atoms with E-state index in [1.54, 1.807) is 0 Å². The van der Waals surface area contributed by atoms with Crippen molar-refractivity contribution >= 4 is 43.6 Å². The van der Waals surface area contributed by atoms with Gasteiger partial charge in [-0.1, -0.05) is 168 Å². The topological polar surface area (TPSA) is 57.4 Å². The Morgan fingerprint density at radius 2 is 0.557 bits per heavy atom. The lowest BCUT2D eigenvalue weighted by molar-refractivity contribution is 1.17. The normalized spacial score (nSPS) is 11.4. The molecule has 10 aromatic carbocycles. The van der Waals surface area contributed by atoms with Crippen molar-refractivity contribution in [1.29, 1.82) is 10.5 Å². The summed E-state index contributed by atoms with van der Waals surface area (Å²) >= 11 is 0. The minimum absolute atomic E-state index is 0.491. The fraction of sp³-hybridized carbons (Fsp3) is 0.0606. The molecule has 2 heterocycles. The predicted molar refractivity (Wildman–Crippen MR) is 291 cm³/mol. The highest BCUT2D eigenvalue weighted by Crippen LogP contribution is 2.42. The van der Waals surface area contributed by atoms with Crippen LogP contribution in [0.1, 0.15) is 33.4 Å². The molecule has 330 valence electrons. The summed E-state index contributed by atoms with van der Waals surface area (Å²) < 4.78 is 4.66. The van der Waals surface area contributed by atoms with Gasteiger partial charge in [0.05, 0.1) is 45.3 Å². The Hall–Kier alpha value is -9.22. The molecule has 0 saturated heterocycles. The third-order valence-corrected chi connectivity index (χ3v) is 14.0. The maximum absolute atomic E-state index is 10.9. The van der Waals surface area contributed by atoms with Crippen LogP contribution in [0.5, 0.6) is 0 Å². The van der Waals surface area contributed by atoms with E-state index in [1.807, 2.05) is 24.3 Å². The SMILES string of the molecule is Cc1cccc(-c2ccc3c4ccc(-c5cccc(C)c5)cc4n(-c4ccc(C#N)c(-c5cc(-n6c7cc(-c8cccc(C)c8)ccc7c7ccc(-c8cccc(C)c8)cc76)ccc5C#N)c4)c3c2)c1. The van der Waals surface area contributed by atoms with Gasteiger partial charge < -0.3 is 9.13 Å². The number of rotatable bonds is 7. The third kappa shape index (κ3) is 7.23. The van der Waals surface area contributed by atoms with E-state index in [0.29, 0.717) is 22.3 Å². The summed E-state index contributed by atoms with van der Waals surface area (Å²) in [5.41, 5.74) is 22.3. The van der Waals surface area contributed by atoms with Gasteiger partial charge in [0.1, 0.15) is 0 Å². The van der Waals surface area contributed by atoms with Crippen molar-refractivity contribution in [3.05, 3.63) is 240 Å². The number of nitrogens with zero attached hydrogens (tertiary/aromatic N) is 4. The van der Waals surface area contributed by atoms with E-state index < -0.39 is 0 Å². The molecule has 12 aromatic rings. The molecule has 0 atom stereocenters.